The molecule has 126 valence electrons. The number of carbonyl (C=O) groups excluding carboxylic acids is 2. The highest BCUT2D eigenvalue weighted by molar-refractivity contribution is 7.98. The molecule has 3 amide bonds. The number of imide groups is 1. The van der Waals surface area contributed by atoms with E-state index in [1.54, 1.807) is 13.0 Å². The fourth-order valence-corrected chi connectivity index (χ4v) is 3.11. The Morgan fingerprint density at radius 2 is 2.17 bits per heavy atom. The van der Waals surface area contributed by atoms with Crippen molar-refractivity contribution in [3.8, 4) is 0 Å². The van der Waals surface area contributed by atoms with Crippen LogP contribution in [0.5, 0.6) is 0 Å². The minimum absolute atomic E-state index is 0.237. The van der Waals surface area contributed by atoms with E-state index in [0.29, 0.717) is 16.9 Å². The molecule has 9 heteroatoms. The molecule has 2 unspecified atom stereocenters. The van der Waals surface area contributed by atoms with Gasteiger partial charge in [-0.15, -0.1) is 10.2 Å². The molecule has 1 fully saturated rings. The molecule has 1 aliphatic heterocycles. The predicted molar refractivity (Wildman–Crippen MR) is 83.6 cm³/mol. The van der Waals surface area contributed by atoms with Crippen molar-refractivity contribution < 1.29 is 18.4 Å². The average Bonchev–Trinajstić information content (AvgIpc) is 2.97. The Kier molecular flexibility index (Phi) is 4.79. The molecular weight excluding hydrogens is 335 g/mol. The lowest BCUT2D eigenvalue weighted by Gasteiger charge is -2.27. The molecule has 0 bridgehead atoms. The molecule has 7 nitrogen and oxygen atoms in total. The van der Waals surface area contributed by atoms with Gasteiger partial charge in [-0.1, -0.05) is 23.9 Å². The second-order valence-electron chi connectivity index (χ2n) is 5.44. The maximum Gasteiger partial charge on any atom is 0.321 e. The van der Waals surface area contributed by atoms with Crippen molar-refractivity contribution in [2.75, 3.05) is 0 Å². The van der Waals surface area contributed by atoms with Gasteiger partial charge in [-0.25, -0.2) is 9.18 Å². The van der Waals surface area contributed by atoms with Gasteiger partial charge < -0.3 is 9.73 Å². The van der Waals surface area contributed by atoms with Crippen LogP contribution >= 0.6 is 11.8 Å². The van der Waals surface area contributed by atoms with E-state index < -0.39 is 11.9 Å². The minimum Gasteiger partial charge on any atom is -0.416 e. The Morgan fingerprint density at radius 1 is 1.33 bits per heavy atom. The molecule has 24 heavy (non-hydrogen) atoms. The summed E-state index contributed by atoms with van der Waals surface area (Å²) in [6, 6.07) is 5.46. The van der Waals surface area contributed by atoms with E-state index in [-0.39, 0.29) is 24.2 Å². The zero-order valence-electron chi connectivity index (χ0n) is 12.8. The van der Waals surface area contributed by atoms with Gasteiger partial charge in [-0.2, -0.15) is 0 Å². The van der Waals surface area contributed by atoms with Crippen LogP contribution in [-0.2, 0) is 17.0 Å². The fourth-order valence-electron chi connectivity index (χ4n) is 2.38. The highest BCUT2D eigenvalue weighted by Crippen LogP contribution is 2.23. The summed E-state index contributed by atoms with van der Waals surface area (Å²) in [5.74, 6) is -0.309. The second kappa shape index (κ2) is 7.00. The molecule has 1 saturated heterocycles. The highest BCUT2D eigenvalue weighted by Gasteiger charge is 2.33. The van der Waals surface area contributed by atoms with Crippen LogP contribution in [0.25, 0.3) is 0 Å². The van der Waals surface area contributed by atoms with Gasteiger partial charge in [0.05, 0.1) is 5.92 Å². The molecule has 0 saturated carbocycles. The van der Waals surface area contributed by atoms with Crippen LogP contribution in [0.2, 0.25) is 0 Å². The van der Waals surface area contributed by atoms with E-state index in [2.05, 4.69) is 20.8 Å². The molecule has 1 aliphatic rings. The summed E-state index contributed by atoms with van der Waals surface area (Å²) in [6.45, 7) is 1.75. The SMILES string of the molecule is CC1NC(=O)NC(=O)C1Cc1nnc(SCc2cccc(F)c2)o1. The molecule has 2 heterocycles. The largest absolute Gasteiger partial charge is 0.416 e. The zero-order valence-corrected chi connectivity index (χ0v) is 13.6. The van der Waals surface area contributed by atoms with Crippen LogP contribution in [0.15, 0.2) is 33.9 Å². The smallest absolute Gasteiger partial charge is 0.321 e. The number of amides is 3. The van der Waals surface area contributed by atoms with Crippen molar-refractivity contribution in [3.05, 3.63) is 41.5 Å². The van der Waals surface area contributed by atoms with Crippen molar-refractivity contribution in [3.63, 3.8) is 0 Å². The maximum atomic E-state index is 13.1. The predicted octanol–water partition coefficient (Wildman–Crippen LogP) is 1.89. The normalized spacial score (nSPS) is 20.6. The van der Waals surface area contributed by atoms with Gasteiger partial charge in [0.15, 0.2) is 0 Å². The number of thioether (sulfide) groups is 1. The first-order chi connectivity index (χ1) is 11.5. The summed E-state index contributed by atoms with van der Waals surface area (Å²) in [5.41, 5.74) is 0.808. The Bertz CT molecular complexity index is 767. The van der Waals surface area contributed by atoms with Gasteiger partial charge in [0.2, 0.25) is 11.8 Å². The average molecular weight is 350 g/mol. The van der Waals surface area contributed by atoms with E-state index in [1.165, 1.54) is 23.9 Å². The third kappa shape index (κ3) is 3.91. The standard InChI is InChI=1S/C15H15FN4O3S/c1-8-11(13(21)18-14(22)17-8)6-12-19-20-15(23-12)24-7-9-3-2-4-10(16)5-9/h2-5,8,11H,6-7H2,1H3,(H2,17,18,21,22). The van der Waals surface area contributed by atoms with Gasteiger partial charge in [0.25, 0.3) is 5.22 Å². The monoisotopic (exact) mass is 350 g/mol. The molecule has 2 N–H and O–H groups in total. The molecule has 3 rings (SSSR count). The number of hydrogen-bond donors (Lipinski definition) is 2. The number of halogens is 1. The number of hydrogen-bond acceptors (Lipinski definition) is 6. The Morgan fingerprint density at radius 3 is 2.92 bits per heavy atom. The number of carbonyl (C=O) groups is 2. The third-order valence-electron chi connectivity index (χ3n) is 3.63. The summed E-state index contributed by atoms with van der Waals surface area (Å²) >= 11 is 1.29. The van der Waals surface area contributed by atoms with Crippen molar-refractivity contribution >= 4 is 23.7 Å². The summed E-state index contributed by atoms with van der Waals surface area (Å²) in [4.78, 5) is 23.1. The van der Waals surface area contributed by atoms with Crippen LogP contribution in [-0.4, -0.2) is 28.2 Å². The molecule has 2 aromatic rings. The van der Waals surface area contributed by atoms with Gasteiger partial charge in [-0.05, 0) is 24.6 Å². The van der Waals surface area contributed by atoms with Gasteiger partial charge >= 0.3 is 6.03 Å². The number of benzene rings is 1. The summed E-state index contributed by atoms with van der Waals surface area (Å²) in [6.07, 6.45) is 0.237. The first-order valence-electron chi connectivity index (χ1n) is 7.32. The van der Waals surface area contributed by atoms with Crippen LogP contribution in [0.4, 0.5) is 9.18 Å². The second-order valence-corrected chi connectivity index (χ2v) is 6.37. The van der Waals surface area contributed by atoms with Gasteiger partial charge in [0, 0.05) is 18.2 Å². The lowest BCUT2D eigenvalue weighted by Crippen LogP contribution is -2.57. The summed E-state index contributed by atoms with van der Waals surface area (Å²) in [5, 5.41) is 13.0. The molecule has 1 aromatic heterocycles. The Labute approximate surface area is 141 Å². The number of rotatable bonds is 5. The number of aromatic nitrogens is 2. The molecule has 0 spiro atoms. The molecule has 2 atom stereocenters. The van der Waals surface area contributed by atoms with Crippen molar-refractivity contribution in [1.29, 1.82) is 0 Å². The van der Waals surface area contributed by atoms with E-state index >= 15 is 0 Å². The minimum atomic E-state index is -0.499. The lowest BCUT2D eigenvalue weighted by atomic mass is 9.95. The number of nitrogens with one attached hydrogen (secondary N) is 2. The van der Waals surface area contributed by atoms with E-state index in [0.717, 1.165) is 5.56 Å². The third-order valence-corrected chi connectivity index (χ3v) is 4.52. The van der Waals surface area contributed by atoms with Crippen molar-refractivity contribution in [2.45, 2.75) is 30.4 Å². The van der Waals surface area contributed by atoms with E-state index in [1.807, 2.05) is 6.07 Å². The fraction of sp³-hybridized carbons (Fsp3) is 0.333. The van der Waals surface area contributed by atoms with Gasteiger partial charge in [0.1, 0.15) is 5.82 Å². The quantitative estimate of drug-likeness (QED) is 0.799. The van der Waals surface area contributed by atoms with E-state index in [4.69, 9.17) is 4.42 Å². The Balaban J connectivity index is 1.59. The summed E-state index contributed by atoms with van der Waals surface area (Å²) < 4.78 is 18.6. The molecule has 0 aliphatic carbocycles. The molecule has 1 aromatic carbocycles. The highest BCUT2D eigenvalue weighted by atomic mass is 32.2. The molecule has 0 radical (unpaired) electrons. The topological polar surface area (TPSA) is 97.1 Å². The van der Waals surface area contributed by atoms with Gasteiger partial charge in [-0.3, -0.25) is 10.1 Å². The van der Waals surface area contributed by atoms with Crippen molar-refractivity contribution in [1.82, 2.24) is 20.8 Å². The Hall–Kier alpha value is -2.42. The van der Waals surface area contributed by atoms with Crippen LogP contribution in [0.3, 0.4) is 0 Å². The number of urea groups is 1. The lowest BCUT2D eigenvalue weighted by molar-refractivity contribution is -0.125. The maximum absolute atomic E-state index is 13.1. The first-order valence-corrected chi connectivity index (χ1v) is 8.31. The first kappa shape index (κ1) is 16.4. The van der Waals surface area contributed by atoms with Crippen LogP contribution in [0.1, 0.15) is 18.4 Å². The van der Waals surface area contributed by atoms with Crippen LogP contribution in [0, 0.1) is 11.7 Å². The van der Waals surface area contributed by atoms with Crippen molar-refractivity contribution in [2.24, 2.45) is 5.92 Å². The number of nitrogens with zero attached hydrogens (tertiary/aromatic N) is 2. The summed E-state index contributed by atoms with van der Waals surface area (Å²) in [7, 11) is 0. The zero-order chi connectivity index (χ0) is 17.1. The van der Waals surface area contributed by atoms with E-state index in [9.17, 15) is 14.0 Å². The molecular formula is C15H15FN4O3S. The van der Waals surface area contributed by atoms with Crippen LogP contribution < -0.4 is 10.6 Å².